The van der Waals surface area contributed by atoms with Crippen LogP contribution in [0.15, 0.2) is 24.3 Å². The fourth-order valence-electron chi connectivity index (χ4n) is 2.82. The zero-order valence-electron chi connectivity index (χ0n) is 13.9. The third-order valence-corrected chi connectivity index (χ3v) is 4.15. The van der Waals surface area contributed by atoms with E-state index in [9.17, 15) is 18.4 Å². The van der Waals surface area contributed by atoms with Gasteiger partial charge < -0.3 is 15.0 Å². The summed E-state index contributed by atoms with van der Waals surface area (Å²) in [5.74, 6) is -5.08. The molecule has 5 nitrogen and oxygen atoms in total. The van der Waals surface area contributed by atoms with Gasteiger partial charge in [0.15, 0.2) is 0 Å². The van der Waals surface area contributed by atoms with Gasteiger partial charge >= 0.3 is 5.92 Å². The summed E-state index contributed by atoms with van der Waals surface area (Å²) in [5.41, 5.74) is -0.381. The van der Waals surface area contributed by atoms with Gasteiger partial charge in [-0.25, -0.2) is 0 Å². The van der Waals surface area contributed by atoms with Gasteiger partial charge in [0.2, 0.25) is 5.91 Å². The Labute approximate surface area is 140 Å². The summed E-state index contributed by atoms with van der Waals surface area (Å²) in [7, 11) is 1.44. The molecule has 1 aromatic carbocycles. The Morgan fingerprint density at radius 1 is 1.33 bits per heavy atom. The molecule has 1 saturated heterocycles. The maximum Gasteiger partial charge on any atom is 0.349 e. The Kier molecular flexibility index (Phi) is 5.75. The summed E-state index contributed by atoms with van der Waals surface area (Å²) >= 11 is 0. The molecule has 1 aliphatic rings. The van der Waals surface area contributed by atoms with Gasteiger partial charge in [0, 0.05) is 25.2 Å². The second-order valence-corrected chi connectivity index (χ2v) is 5.79. The maximum absolute atomic E-state index is 14.5. The Bertz CT molecular complexity index is 590. The number of carbonyl (C=O) groups is 2. The van der Waals surface area contributed by atoms with Crippen molar-refractivity contribution < 1.29 is 23.1 Å². The van der Waals surface area contributed by atoms with Crippen molar-refractivity contribution in [2.24, 2.45) is 5.92 Å². The average Bonchev–Trinajstić information content (AvgIpc) is 2.61. The molecule has 0 aliphatic carbocycles. The number of nitrogens with zero attached hydrogens (tertiary/aromatic N) is 1. The number of hydrogen-bond donors (Lipinski definition) is 1. The third kappa shape index (κ3) is 3.83. The molecular formula is C17H22F2N2O3. The minimum Gasteiger partial charge on any atom is -0.497 e. The Hall–Kier alpha value is -2.18. The number of nitrogens with one attached hydrogen (secondary N) is 1. The second kappa shape index (κ2) is 7.59. The Morgan fingerprint density at radius 2 is 2.00 bits per heavy atom. The van der Waals surface area contributed by atoms with Crippen molar-refractivity contribution in [2.75, 3.05) is 26.7 Å². The van der Waals surface area contributed by atoms with Crippen LogP contribution >= 0.6 is 0 Å². The first-order chi connectivity index (χ1) is 11.4. The molecule has 1 fully saturated rings. The largest absolute Gasteiger partial charge is 0.497 e. The first-order valence-corrected chi connectivity index (χ1v) is 7.99. The topological polar surface area (TPSA) is 58.6 Å². The smallest absolute Gasteiger partial charge is 0.349 e. The number of likely N-dealkylation sites (tertiary alicyclic amines) is 1. The zero-order chi connectivity index (χ0) is 17.7. The quantitative estimate of drug-likeness (QED) is 0.894. The van der Waals surface area contributed by atoms with Crippen molar-refractivity contribution in [3.05, 3.63) is 29.8 Å². The Morgan fingerprint density at radius 3 is 2.58 bits per heavy atom. The highest BCUT2D eigenvalue weighted by molar-refractivity contribution is 5.86. The van der Waals surface area contributed by atoms with Crippen LogP contribution in [0.3, 0.4) is 0 Å². The SMILES string of the molecule is CCNC(=O)[C@H]1CCCN(C(=O)C(F)(F)c2ccc(OC)cc2)C1. The van der Waals surface area contributed by atoms with E-state index in [0.717, 1.165) is 4.90 Å². The number of hydrogen-bond acceptors (Lipinski definition) is 3. The van der Waals surface area contributed by atoms with Crippen LogP contribution in [0.5, 0.6) is 5.75 Å². The molecule has 0 bridgehead atoms. The predicted octanol–water partition coefficient (Wildman–Crippen LogP) is 2.16. The molecule has 24 heavy (non-hydrogen) atoms. The predicted molar refractivity (Wildman–Crippen MR) is 84.9 cm³/mol. The molecule has 7 heteroatoms. The molecule has 1 aromatic rings. The monoisotopic (exact) mass is 340 g/mol. The number of piperidine rings is 1. The van der Waals surface area contributed by atoms with E-state index in [0.29, 0.717) is 25.1 Å². The van der Waals surface area contributed by atoms with E-state index in [1.165, 1.54) is 31.4 Å². The van der Waals surface area contributed by atoms with Crippen LogP contribution in [-0.2, 0) is 15.5 Å². The zero-order valence-corrected chi connectivity index (χ0v) is 13.9. The molecule has 0 unspecified atom stereocenters. The number of alkyl halides is 2. The molecule has 132 valence electrons. The molecule has 0 aromatic heterocycles. The third-order valence-electron chi connectivity index (χ3n) is 4.15. The fourth-order valence-corrected chi connectivity index (χ4v) is 2.82. The lowest BCUT2D eigenvalue weighted by atomic mass is 9.96. The molecule has 2 rings (SSSR count). The minimum atomic E-state index is -3.63. The summed E-state index contributed by atoms with van der Waals surface area (Å²) in [6.07, 6.45) is 1.13. The van der Waals surface area contributed by atoms with E-state index in [-0.39, 0.29) is 24.6 Å². The van der Waals surface area contributed by atoms with E-state index >= 15 is 0 Å². The first-order valence-electron chi connectivity index (χ1n) is 7.99. The fraction of sp³-hybridized carbons (Fsp3) is 0.529. The number of rotatable bonds is 5. The average molecular weight is 340 g/mol. The molecule has 0 radical (unpaired) electrons. The van der Waals surface area contributed by atoms with Crippen LogP contribution < -0.4 is 10.1 Å². The number of carbonyl (C=O) groups excluding carboxylic acids is 2. The minimum absolute atomic E-state index is 0.0242. The van der Waals surface area contributed by atoms with E-state index in [1.807, 2.05) is 0 Å². The number of halogens is 2. The maximum atomic E-state index is 14.5. The van der Waals surface area contributed by atoms with Crippen molar-refractivity contribution in [2.45, 2.75) is 25.7 Å². The number of ether oxygens (including phenoxy) is 1. The van der Waals surface area contributed by atoms with Gasteiger partial charge in [0.05, 0.1) is 13.0 Å². The molecular weight excluding hydrogens is 318 g/mol. The molecule has 1 N–H and O–H groups in total. The van der Waals surface area contributed by atoms with E-state index < -0.39 is 17.7 Å². The van der Waals surface area contributed by atoms with Crippen LogP contribution in [0.1, 0.15) is 25.3 Å². The summed E-state index contributed by atoms with van der Waals surface area (Å²) in [5, 5.41) is 2.68. The summed E-state index contributed by atoms with van der Waals surface area (Å²) in [6, 6.07) is 5.15. The lowest BCUT2D eigenvalue weighted by Gasteiger charge is -2.34. The highest BCUT2D eigenvalue weighted by atomic mass is 19.3. The van der Waals surface area contributed by atoms with E-state index in [2.05, 4.69) is 5.32 Å². The summed E-state index contributed by atoms with van der Waals surface area (Å²) in [4.78, 5) is 25.3. The highest BCUT2D eigenvalue weighted by Crippen LogP contribution is 2.33. The van der Waals surface area contributed by atoms with Gasteiger partial charge in [-0.3, -0.25) is 9.59 Å². The summed E-state index contributed by atoms with van der Waals surface area (Å²) < 4.78 is 34.0. The normalized spacial score (nSPS) is 18.2. The standard InChI is InChI=1S/C17H22F2N2O3/c1-3-20-15(22)12-5-4-10-21(11-12)16(23)17(18,19)13-6-8-14(24-2)9-7-13/h6-9,12H,3-5,10-11H2,1-2H3,(H,20,22)/t12-/m0/s1. The van der Waals surface area contributed by atoms with Gasteiger partial charge in [0.1, 0.15) is 5.75 Å². The van der Waals surface area contributed by atoms with Crippen LogP contribution in [0.2, 0.25) is 0 Å². The highest BCUT2D eigenvalue weighted by Gasteiger charge is 2.45. The van der Waals surface area contributed by atoms with Crippen molar-refractivity contribution >= 4 is 11.8 Å². The molecule has 1 aliphatic heterocycles. The number of methoxy groups -OCH3 is 1. The van der Waals surface area contributed by atoms with Crippen molar-refractivity contribution in [1.82, 2.24) is 10.2 Å². The molecule has 2 amide bonds. The molecule has 0 saturated carbocycles. The van der Waals surface area contributed by atoms with Gasteiger partial charge in [-0.05, 0) is 44.0 Å². The number of amides is 2. The second-order valence-electron chi connectivity index (χ2n) is 5.79. The number of benzene rings is 1. The summed E-state index contributed by atoms with van der Waals surface area (Å²) in [6.45, 7) is 2.53. The Balaban J connectivity index is 2.11. The van der Waals surface area contributed by atoms with Crippen LogP contribution in [0, 0.1) is 5.92 Å². The van der Waals surface area contributed by atoms with Crippen molar-refractivity contribution in [1.29, 1.82) is 0 Å². The van der Waals surface area contributed by atoms with Gasteiger partial charge in [0.25, 0.3) is 5.91 Å². The van der Waals surface area contributed by atoms with Gasteiger partial charge in [-0.15, -0.1) is 0 Å². The molecule has 1 atom stereocenters. The first kappa shape index (κ1) is 18.2. The van der Waals surface area contributed by atoms with Crippen molar-refractivity contribution in [3.8, 4) is 5.75 Å². The van der Waals surface area contributed by atoms with Gasteiger partial charge in [-0.1, -0.05) is 0 Å². The lowest BCUT2D eigenvalue weighted by Crippen LogP contribution is -2.49. The van der Waals surface area contributed by atoms with E-state index in [4.69, 9.17) is 4.74 Å². The lowest BCUT2D eigenvalue weighted by molar-refractivity contribution is -0.161. The molecule has 1 heterocycles. The van der Waals surface area contributed by atoms with Crippen LogP contribution in [0.4, 0.5) is 8.78 Å². The van der Waals surface area contributed by atoms with E-state index in [1.54, 1.807) is 6.92 Å². The van der Waals surface area contributed by atoms with Crippen LogP contribution in [0.25, 0.3) is 0 Å². The van der Waals surface area contributed by atoms with Crippen molar-refractivity contribution in [3.63, 3.8) is 0 Å². The van der Waals surface area contributed by atoms with Gasteiger partial charge in [-0.2, -0.15) is 8.78 Å². The molecule has 0 spiro atoms. The van der Waals surface area contributed by atoms with Crippen LogP contribution in [-0.4, -0.2) is 43.5 Å².